The monoisotopic (exact) mass is 378 g/mol. The van der Waals surface area contributed by atoms with Crippen LogP contribution in [0.2, 0.25) is 0 Å². The molecule has 3 rings (SSSR count). The Labute approximate surface area is 163 Å². The Kier molecular flexibility index (Phi) is 5.74. The molecule has 7 nitrogen and oxygen atoms in total. The van der Waals surface area contributed by atoms with E-state index < -0.39 is 4.92 Å². The first kappa shape index (κ1) is 19.2. The van der Waals surface area contributed by atoms with Crippen LogP contribution >= 0.6 is 0 Å². The van der Waals surface area contributed by atoms with E-state index in [9.17, 15) is 10.1 Å². The highest BCUT2D eigenvalue weighted by Gasteiger charge is 2.09. The Morgan fingerprint density at radius 1 is 1.14 bits per heavy atom. The normalized spacial score (nSPS) is 11.0. The predicted molar refractivity (Wildman–Crippen MR) is 111 cm³/mol. The van der Waals surface area contributed by atoms with Gasteiger partial charge in [-0.2, -0.15) is 5.10 Å². The number of nitro groups is 1. The molecule has 0 unspecified atom stereocenters. The van der Waals surface area contributed by atoms with E-state index in [0.29, 0.717) is 12.3 Å². The van der Waals surface area contributed by atoms with Gasteiger partial charge in [0, 0.05) is 34.8 Å². The molecule has 28 heavy (non-hydrogen) atoms. The van der Waals surface area contributed by atoms with Gasteiger partial charge in [0.1, 0.15) is 5.75 Å². The van der Waals surface area contributed by atoms with Gasteiger partial charge in [-0.15, -0.1) is 0 Å². The van der Waals surface area contributed by atoms with Gasteiger partial charge in [-0.1, -0.05) is 0 Å². The first-order valence-corrected chi connectivity index (χ1v) is 8.95. The van der Waals surface area contributed by atoms with Crippen molar-refractivity contribution >= 4 is 17.6 Å². The molecular formula is C21H22N4O3. The lowest BCUT2D eigenvalue weighted by atomic mass is 10.2. The lowest BCUT2D eigenvalue weighted by Crippen LogP contribution is -2.00. The Hall–Kier alpha value is -3.61. The molecule has 144 valence electrons. The van der Waals surface area contributed by atoms with Crippen LogP contribution in [-0.4, -0.2) is 22.3 Å². The summed E-state index contributed by atoms with van der Waals surface area (Å²) in [6.07, 6.45) is 1.74. The van der Waals surface area contributed by atoms with Crippen molar-refractivity contribution in [1.82, 2.24) is 4.57 Å². The molecule has 0 atom stereocenters. The SMILES string of the molecule is CCOc1ccc(-n2c(C)cc(/C=N\Nc3ccc([N+](=O)[O-])cc3)c2C)cc1. The highest BCUT2D eigenvalue weighted by Crippen LogP contribution is 2.22. The average molecular weight is 378 g/mol. The summed E-state index contributed by atoms with van der Waals surface area (Å²) in [5.41, 5.74) is 7.83. The molecule has 1 heterocycles. The standard InChI is InChI=1S/C21H22N4O3/c1-4-28-21-11-9-19(10-12-21)24-15(2)13-17(16(24)3)14-22-23-18-5-7-20(8-6-18)25(26)27/h5-14,23H,4H2,1-3H3/b22-14-. The summed E-state index contributed by atoms with van der Waals surface area (Å²) in [5, 5.41) is 15.0. The Bertz CT molecular complexity index is 990. The smallest absolute Gasteiger partial charge is 0.269 e. The number of non-ortho nitro benzene ring substituents is 1. The lowest BCUT2D eigenvalue weighted by Gasteiger charge is -2.11. The van der Waals surface area contributed by atoms with Crippen molar-refractivity contribution in [2.75, 3.05) is 12.0 Å². The van der Waals surface area contributed by atoms with Crippen LogP contribution in [0, 0.1) is 24.0 Å². The zero-order chi connectivity index (χ0) is 20.1. The van der Waals surface area contributed by atoms with Gasteiger partial charge in [0.05, 0.1) is 23.4 Å². The van der Waals surface area contributed by atoms with Crippen molar-refractivity contribution in [3.63, 3.8) is 0 Å². The number of nitro benzene ring substituents is 1. The van der Waals surface area contributed by atoms with Crippen molar-refractivity contribution in [2.45, 2.75) is 20.8 Å². The molecule has 2 aromatic carbocycles. The molecule has 3 aromatic rings. The van der Waals surface area contributed by atoms with E-state index in [1.165, 1.54) is 12.1 Å². The fourth-order valence-corrected chi connectivity index (χ4v) is 3.01. The number of rotatable bonds is 7. The molecule has 1 N–H and O–H groups in total. The summed E-state index contributed by atoms with van der Waals surface area (Å²) >= 11 is 0. The summed E-state index contributed by atoms with van der Waals surface area (Å²) in [5.74, 6) is 0.850. The summed E-state index contributed by atoms with van der Waals surface area (Å²) in [7, 11) is 0. The maximum atomic E-state index is 10.7. The maximum absolute atomic E-state index is 10.7. The molecule has 0 spiro atoms. The van der Waals surface area contributed by atoms with Crippen molar-refractivity contribution in [1.29, 1.82) is 0 Å². The number of hydrogen-bond acceptors (Lipinski definition) is 5. The number of aryl methyl sites for hydroxylation is 1. The first-order valence-electron chi connectivity index (χ1n) is 8.95. The largest absolute Gasteiger partial charge is 0.494 e. The van der Waals surface area contributed by atoms with Gasteiger partial charge in [-0.3, -0.25) is 15.5 Å². The van der Waals surface area contributed by atoms with E-state index in [1.807, 2.05) is 45.0 Å². The van der Waals surface area contributed by atoms with Gasteiger partial charge in [0.2, 0.25) is 0 Å². The zero-order valence-electron chi connectivity index (χ0n) is 16.0. The van der Waals surface area contributed by atoms with Gasteiger partial charge in [-0.05, 0) is 63.2 Å². The van der Waals surface area contributed by atoms with E-state index in [2.05, 4.69) is 21.2 Å². The Balaban J connectivity index is 1.75. The van der Waals surface area contributed by atoms with Crippen LogP contribution < -0.4 is 10.2 Å². The molecular weight excluding hydrogens is 356 g/mol. The maximum Gasteiger partial charge on any atom is 0.269 e. The third-order valence-corrected chi connectivity index (χ3v) is 4.35. The fourth-order valence-electron chi connectivity index (χ4n) is 3.01. The van der Waals surface area contributed by atoms with Crippen LogP contribution in [-0.2, 0) is 0 Å². The number of benzene rings is 2. The highest BCUT2D eigenvalue weighted by molar-refractivity contribution is 5.82. The molecule has 1 aromatic heterocycles. The van der Waals surface area contributed by atoms with Crippen LogP contribution in [0.1, 0.15) is 23.9 Å². The number of aromatic nitrogens is 1. The molecule has 7 heteroatoms. The predicted octanol–water partition coefficient (Wildman–Crippen LogP) is 4.85. The number of nitrogens with zero attached hydrogens (tertiary/aromatic N) is 3. The fraction of sp³-hybridized carbons (Fsp3) is 0.190. The van der Waals surface area contributed by atoms with Crippen molar-refractivity contribution in [2.24, 2.45) is 5.10 Å². The number of anilines is 1. The molecule has 0 amide bonds. The van der Waals surface area contributed by atoms with E-state index in [0.717, 1.165) is 28.4 Å². The quantitative estimate of drug-likeness (QED) is 0.362. The number of ether oxygens (including phenoxy) is 1. The van der Waals surface area contributed by atoms with E-state index in [-0.39, 0.29) is 5.69 Å². The number of hydrogen-bond donors (Lipinski definition) is 1. The second kappa shape index (κ2) is 8.39. The van der Waals surface area contributed by atoms with Crippen molar-refractivity contribution < 1.29 is 9.66 Å². The van der Waals surface area contributed by atoms with E-state index in [4.69, 9.17) is 4.74 Å². The van der Waals surface area contributed by atoms with Crippen LogP contribution in [0.15, 0.2) is 59.7 Å². The van der Waals surface area contributed by atoms with Crippen molar-refractivity contribution in [3.05, 3.63) is 81.7 Å². The second-order valence-corrected chi connectivity index (χ2v) is 6.26. The molecule has 0 saturated carbocycles. The molecule has 0 aliphatic heterocycles. The van der Waals surface area contributed by atoms with E-state index in [1.54, 1.807) is 18.3 Å². The summed E-state index contributed by atoms with van der Waals surface area (Å²) in [4.78, 5) is 10.3. The van der Waals surface area contributed by atoms with Gasteiger partial charge in [0.25, 0.3) is 5.69 Å². The molecule has 0 bridgehead atoms. The average Bonchev–Trinajstić information content (AvgIpc) is 2.97. The summed E-state index contributed by atoms with van der Waals surface area (Å²) < 4.78 is 7.66. The van der Waals surface area contributed by atoms with Gasteiger partial charge < -0.3 is 9.30 Å². The van der Waals surface area contributed by atoms with Crippen molar-refractivity contribution in [3.8, 4) is 11.4 Å². The number of hydrazone groups is 1. The number of nitrogens with one attached hydrogen (secondary N) is 1. The third kappa shape index (κ3) is 4.20. The third-order valence-electron chi connectivity index (χ3n) is 4.35. The summed E-state index contributed by atoms with van der Waals surface area (Å²) in [6, 6.07) is 16.2. The minimum absolute atomic E-state index is 0.0495. The molecule has 0 aliphatic rings. The minimum Gasteiger partial charge on any atom is -0.494 e. The van der Waals surface area contributed by atoms with Crippen LogP contribution in [0.4, 0.5) is 11.4 Å². The minimum atomic E-state index is -0.428. The van der Waals surface area contributed by atoms with Crippen LogP contribution in [0.5, 0.6) is 5.75 Å². The topological polar surface area (TPSA) is 81.7 Å². The van der Waals surface area contributed by atoms with E-state index >= 15 is 0 Å². The van der Waals surface area contributed by atoms with Gasteiger partial charge in [-0.25, -0.2) is 0 Å². The molecule has 0 fully saturated rings. The Morgan fingerprint density at radius 2 is 1.82 bits per heavy atom. The second-order valence-electron chi connectivity index (χ2n) is 6.26. The Morgan fingerprint density at radius 3 is 2.43 bits per heavy atom. The first-order chi connectivity index (χ1) is 13.5. The lowest BCUT2D eigenvalue weighted by molar-refractivity contribution is -0.384. The zero-order valence-corrected chi connectivity index (χ0v) is 16.0. The van der Waals surface area contributed by atoms with Crippen LogP contribution in [0.3, 0.4) is 0 Å². The van der Waals surface area contributed by atoms with Crippen LogP contribution in [0.25, 0.3) is 5.69 Å². The highest BCUT2D eigenvalue weighted by atomic mass is 16.6. The molecule has 0 radical (unpaired) electrons. The summed E-state index contributed by atoms with van der Waals surface area (Å²) in [6.45, 7) is 6.69. The molecule has 0 aliphatic carbocycles. The van der Waals surface area contributed by atoms with Gasteiger partial charge >= 0.3 is 0 Å². The van der Waals surface area contributed by atoms with Gasteiger partial charge in [0.15, 0.2) is 0 Å². The molecule has 0 saturated heterocycles.